The summed E-state index contributed by atoms with van der Waals surface area (Å²) in [7, 11) is 0. The van der Waals surface area contributed by atoms with Crippen LogP contribution in [0, 0.1) is 22.7 Å². The molecule has 0 aliphatic heterocycles. The molecule has 0 saturated heterocycles. The number of hydrogen-bond donors (Lipinski definition) is 0. The van der Waals surface area contributed by atoms with E-state index in [0.717, 1.165) is 18.2 Å². The number of pyridine rings is 1. The molecule has 0 radical (unpaired) electrons. The molecule has 0 N–H and O–H groups in total. The summed E-state index contributed by atoms with van der Waals surface area (Å²) in [5.74, 6) is -0.190. The topological polar surface area (TPSA) is 63.0 Å². The minimum Gasteiger partial charge on any atom is -0.465 e. The third kappa shape index (κ3) is 4.78. The van der Waals surface area contributed by atoms with Crippen LogP contribution in [0.3, 0.4) is 0 Å². The molecular formula is C20H26F2N2O2S. The van der Waals surface area contributed by atoms with E-state index in [1.54, 1.807) is 13.8 Å². The number of aryl methyl sites for hydroxylation is 1. The van der Waals surface area contributed by atoms with Crippen molar-refractivity contribution in [1.29, 1.82) is 5.26 Å². The lowest BCUT2D eigenvalue weighted by atomic mass is 9.70. The predicted molar refractivity (Wildman–Crippen MR) is 101 cm³/mol. The summed E-state index contributed by atoms with van der Waals surface area (Å²) in [6, 6.07) is 1.91. The average Bonchev–Trinajstić information content (AvgIpc) is 2.59. The number of hydrogen-bond acceptors (Lipinski definition) is 5. The van der Waals surface area contributed by atoms with Gasteiger partial charge in [-0.05, 0) is 50.0 Å². The number of esters is 1. The van der Waals surface area contributed by atoms with Crippen molar-refractivity contribution in [2.75, 3.05) is 6.61 Å². The van der Waals surface area contributed by atoms with Gasteiger partial charge in [-0.3, -0.25) is 4.79 Å². The van der Waals surface area contributed by atoms with Gasteiger partial charge in [-0.15, -0.1) is 0 Å². The van der Waals surface area contributed by atoms with E-state index in [9.17, 15) is 18.8 Å². The Bertz CT molecular complexity index is 754. The molecule has 1 aliphatic rings. The first-order valence-corrected chi connectivity index (χ1v) is 10.0. The number of halogens is 2. The zero-order chi connectivity index (χ0) is 20.4. The zero-order valence-corrected chi connectivity index (χ0v) is 17.3. The minimum atomic E-state index is -2.76. The maximum Gasteiger partial charge on any atom is 0.319 e. The fraction of sp³-hybridized carbons (Fsp3) is 0.650. The van der Waals surface area contributed by atoms with Gasteiger partial charge in [0.05, 0.1) is 12.2 Å². The summed E-state index contributed by atoms with van der Waals surface area (Å²) in [4.78, 5) is 16.4. The van der Waals surface area contributed by atoms with Gasteiger partial charge in [-0.25, -0.2) is 13.8 Å². The molecule has 2 rings (SSSR count). The van der Waals surface area contributed by atoms with Gasteiger partial charge >= 0.3 is 5.97 Å². The van der Waals surface area contributed by atoms with Gasteiger partial charge in [-0.2, -0.15) is 5.26 Å². The Balaban J connectivity index is 2.49. The summed E-state index contributed by atoms with van der Waals surface area (Å²) in [6.45, 7) is 9.89. The van der Waals surface area contributed by atoms with Crippen LogP contribution in [-0.2, 0) is 22.4 Å². The third-order valence-electron chi connectivity index (χ3n) is 5.03. The highest BCUT2D eigenvalue weighted by molar-refractivity contribution is 8.00. The van der Waals surface area contributed by atoms with Crippen molar-refractivity contribution in [1.82, 2.24) is 4.98 Å². The third-order valence-corrected chi connectivity index (χ3v) is 6.10. The first-order valence-electron chi connectivity index (χ1n) is 9.17. The van der Waals surface area contributed by atoms with Crippen LogP contribution in [0.5, 0.6) is 0 Å². The quantitative estimate of drug-likeness (QED) is 0.513. The van der Waals surface area contributed by atoms with Crippen LogP contribution in [0.1, 0.15) is 69.8 Å². The summed E-state index contributed by atoms with van der Waals surface area (Å²) >= 11 is 1.01. The maximum absolute atomic E-state index is 13.9. The van der Waals surface area contributed by atoms with Gasteiger partial charge in [-0.1, -0.05) is 32.5 Å². The van der Waals surface area contributed by atoms with E-state index in [1.165, 1.54) is 0 Å². The van der Waals surface area contributed by atoms with Crippen molar-refractivity contribution < 1.29 is 18.3 Å². The molecule has 0 spiro atoms. The van der Waals surface area contributed by atoms with E-state index in [0.29, 0.717) is 24.1 Å². The van der Waals surface area contributed by atoms with Crippen LogP contribution in [0.15, 0.2) is 5.03 Å². The first kappa shape index (κ1) is 21.6. The molecule has 1 aromatic rings. The van der Waals surface area contributed by atoms with Gasteiger partial charge in [0.1, 0.15) is 16.3 Å². The van der Waals surface area contributed by atoms with Gasteiger partial charge < -0.3 is 4.74 Å². The molecule has 0 fully saturated rings. The van der Waals surface area contributed by atoms with E-state index in [1.807, 2.05) is 6.07 Å². The molecule has 1 aliphatic carbocycles. The summed E-state index contributed by atoms with van der Waals surface area (Å²) in [6.07, 6.45) is -0.787. The molecule has 1 heterocycles. The molecule has 27 heavy (non-hydrogen) atoms. The largest absolute Gasteiger partial charge is 0.465 e. The minimum absolute atomic E-state index is 0.00423. The summed E-state index contributed by atoms with van der Waals surface area (Å²) in [5, 5.41) is 9.15. The van der Waals surface area contributed by atoms with Gasteiger partial charge in [0.15, 0.2) is 0 Å². The Morgan fingerprint density at radius 1 is 1.44 bits per heavy atom. The van der Waals surface area contributed by atoms with Crippen LogP contribution < -0.4 is 0 Å². The number of carbonyl (C=O) groups excluding carboxylic acids is 1. The average molecular weight is 397 g/mol. The highest BCUT2D eigenvalue weighted by atomic mass is 32.2. The van der Waals surface area contributed by atoms with Crippen molar-refractivity contribution in [3.8, 4) is 6.07 Å². The lowest BCUT2D eigenvalue weighted by Gasteiger charge is -2.35. The second-order valence-electron chi connectivity index (χ2n) is 7.86. The maximum atomic E-state index is 13.9. The Morgan fingerprint density at radius 3 is 2.63 bits per heavy atom. The SMILES string of the molecule is CCOC(=O)C(C)Sc1nc2c(c(C(F)F)c1C#N)CC(C(C)(C)C)CC2. The lowest BCUT2D eigenvalue weighted by molar-refractivity contribution is -0.142. The van der Waals surface area contributed by atoms with Crippen molar-refractivity contribution in [3.63, 3.8) is 0 Å². The molecule has 4 nitrogen and oxygen atoms in total. The Labute approximate surface area is 163 Å². The number of nitriles is 1. The van der Waals surface area contributed by atoms with E-state index in [4.69, 9.17) is 4.74 Å². The van der Waals surface area contributed by atoms with Crippen molar-refractivity contribution in [3.05, 3.63) is 22.4 Å². The fourth-order valence-electron chi connectivity index (χ4n) is 3.41. The number of aromatic nitrogens is 1. The molecule has 0 aromatic carbocycles. The number of fused-ring (bicyclic) bond motifs is 1. The molecule has 0 saturated carbocycles. The number of alkyl halides is 2. The number of thioether (sulfide) groups is 1. The van der Waals surface area contributed by atoms with E-state index in [-0.39, 0.29) is 34.1 Å². The highest BCUT2D eigenvalue weighted by Gasteiger charge is 2.35. The van der Waals surface area contributed by atoms with E-state index < -0.39 is 17.6 Å². The molecule has 148 valence electrons. The molecular weight excluding hydrogens is 370 g/mol. The molecule has 1 aromatic heterocycles. The van der Waals surface area contributed by atoms with E-state index in [2.05, 4.69) is 25.8 Å². The monoisotopic (exact) mass is 396 g/mol. The fourth-order valence-corrected chi connectivity index (χ4v) is 4.35. The molecule has 0 bridgehead atoms. The van der Waals surface area contributed by atoms with Crippen molar-refractivity contribution >= 4 is 17.7 Å². The van der Waals surface area contributed by atoms with Crippen molar-refractivity contribution in [2.24, 2.45) is 11.3 Å². The first-order chi connectivity index (χ1) is 12.6. The Kier molecular flexibility index (Phi) is 6.85. The smallest absolute Gasteiger partial charge is 0.319 e. The van der Waals surface area contributed by atoms with Crippen LogP contribution in [0.2, 0.25) is 0 Å². The normalized spacial score (nSPS) is 18.0. The number of nitrogens with zero attached hydrogens (tertiary/aromatic N) is 2. The molecule has 0 amide bonds. The predicted octanol–water partition coefficient (Wildman–Crippen LogP) is 5.09. The molecule has 2 unspecified atom stereocenters. The lowest BCUT2D eigenvalue weighted by Crippen LogP contribution is -2.29. The second kappa shape index (κ2) is 8.55. The second-order valence-corrected chi connectivity index (χ2v) is 9.19. The number of rotatable bonds is 5. The highest BCUT2D eigenvalue weighted by Crippen LogP contribution is 2.43. The van der Waals surface area contributed by atoms with Gasteiger partial charge in [0, 0.05) is 11.3 Å². The zero-order valence-electron chi connectivity index (χ0n) is 16.4. The van der Waals surface area contributed by atoms with Crippen LogP contribution >= 0.6 is 11.8 Å². The summed E-state index contributed by atoms with van der Waals surface area (Å²) in [5.41, 5.74) is 0.814. The molecule has 7 heteroatoms. The standard InChI is InChI=1S/C20H26F2N2O2S/c1-6-26-19(25)11(2)27-18-14(10-23)16(17(21)22)13-9-12(20(3,4)5)7-8-15(13)24-18/h11-12,17H,6-9H2,1-5H3. The van der Waals surface area contributed by atoms with E-state index >= 15 is 0 Å². The number of carbonyl (C=O) groups is 1. The summed E-state index contributed by atoms with van der Waals surface area (Å²) < 4.78 is 32.9. The van der Waals surface area contributed by atoms with Gasteiger partial charge in [0.25, 0.3) is 6.43 Å². The Hall–Kier alpha value is -1.68. The van der Waals surface area contributed by atoms with Crippen LogP contribution in [0.25, 0.3) is 0 Å². The van der Waals surface area contributed by atoms with Crippen molar-refractivity contribution in [2.45, 2.75) is 70.6 Å². The van der Waals surface area contributed by atoms with Crippen LogP contribution in [-0.4, -0.2) is 22.8 Å². The number of ether oxygens (including phenoxy) is 1. The molecule has 2 atom stereocenters. The Morgan fingerprint density at radius 2 is 2.11 bits per heavy atom. The van der Waals surface area contributed by atoms with Crippen LogP contribution in [0.4, 0.5) is 8.78 Å². The van der Waals surface area contributed by atoms with Gasteiger partial charge in [0.2, 0.25) is 0 Å².